The molecule has 0 atom stereocenters. The molecule has 0 spiro atoms. The molecule has 1 heterocycles. The summed E-state index contributed by atoms with van der Waals surface area (Å²) in [5.41, 5.74) is 2.08. The minimum absolute atomic E-state index is 0.0793. The predicted molar refractivity (Wildman–Crippen MR) is 83.2 cm³/mol. The van der Waals surface area contributed by atoms with Gasteiger partial charge in [0.25, 0.3) is 0 Å². The SMILES string of the molecule is CCOC(=O)c1n[nH]nc1-c1ccccc1-c1ccccc1F. The minimum atomic E-state index is -0.570. The van der Waals surface area contributed by atoms with Crippen LogP contribution < -0.4 is 0 Å². The number of nitrogens with one attached hydrogen (secondary N) is 1. The second-order valence-electron chi connectivity index (χ2n) is 4.77. The molecule has 23 heavy (non-hydrogen) atoms. The molecular weight excluding hydrogens is 297 g/mol. The van der Waals surface area contributed by atoms with Crippen molar-refractivity contribution in [2.75, 3.05) is 6.61 Å². The number of aromatic amines is 1. The maximum Gasteiger partial charge on any atom is 0.361 e. The van der Waals surface area contributed by atoms with Crippen LogP contribution in [-0.4, -0.2) is 28.0 Å². The standard InChI is InChI=1S/C17H14FN3O2/c1-2-23-17(22)16-15(19-21-20-16)13-9-4-3-7-11(13)12-8-5-6-10-14(12)18/h3-10H,2H2,1H3,(H,19,20,21). The zero-order valence-electron chi connectivity index (χ0n) is 12.4. The average Bonchev–Trinajstić information content (AvgIpc) is 3.05. The molecule has 1 N–H and O–H groups in total. The summed E-state index contributed by atoms with van der Waals surface area (Å²) >= 11 is 0. The third kappa shape index (κ3) is 2.83. The zero-order valence-corrected chi connectivity index (χ0v) is 12.4. The van der Waals surface area contributed by atoms with Crippen LogP contribution in [0.2, 0.25) is 0 Å². The molecule has 0 radical (unpaired) electrons. The fourth-order valence-electron chi connectivity index (χ4n) is 2.36. The third-order valence-corrected chi connectivity index (χ3v) is 3.36. The Hall–Kier alpha value is -3.02. The number of carbonyl (C=O) groups excluding carboxylic acids is 1. The van der Waals surface area contributed by atoms with Gasteiger partial charge in [-0.15, -0.1) is 5.10 Å². The van der Waals surface area contributed by atoms with E-state index in [2.05, 4.69) is 15.4 Å². The van der Waals surface area contributed by atoms with Crippen LogP contribution in [0, 0.1) is 5.82 Å². The molecule has 0 aliphatic heterocycles. The Morgan fingerprint density at radius 3 is 2.39 bits per heavy atom. The van der Waals surface area contributed by atoms with Crippen molar-refractivity contribution in [3.05, 3.63) is 60.0 Å². The molecular formula is C17H14FN3O2. The van der Waals surface area contributed by atoms with Gasteiger partial charge >= 0.3 is 5.97 Å². The number of ether oxygens (including phenoxy) is 1. The summed E-state index contributed by atoms with van der Waals surface area (Å²) in [4.78, 5) is 12.0. The van der Waals surface area contributed by atoms with Crippen LogP contribution in [0.15, 0.2) is 48.5 Å². The summed E-state index contributed by atoms with van der Waals surface area (Å²) in [6.07, 6.45) is 0. The van der Waals surface area contributed by atoms with Crippen LogP contribution in [0.25, 0.3) is 22.4 Å². The van der Waals surface area contributed by atoms with Crippen molar-refractivity contribution >= 4 is 5.97 Å². The molecule has 5 nitrogen and oxygen atoms in total. The molecule has 0 amide bonds. The van der Waals surface area contributed by atoms with Crippen LogP contribution >= 0.6 is 0 Å². The Kier molecular flexibility index (Phi) is 4.14. The zero-order chi connectivity index (χ0) is 16.2. The predicted octanol–water partition coefficient (Wildman–Crippen LogP) is 3.45. The van der Waals surface area contributed by atoms with Crippen LogP contribution in [0.3, 0.4) is 0 Å². The van der Waals surface area contributed by atoms with Gasteiger partial charge in [0.2, 0.25) is 0 Å². The van der Waals surface area contributed by atoms with E-state index < -0.39 is 5.97 Å². The quantitative estimate of drug-likeness (QED) is 0.749. The topological polar surface area (TPSA) is 67.9 Å². The fourth-order valence-corrected chi connectivity index (χ4v) is 2.36. The molecule has 6 heteroatoms. The summed E-state index contributed by atoms with van der Waals surface area (Å²) in [5.74, 6) is -0.916. The molecule has 0 saturated carbocycles. The van der Waals surface area contributed by atoms with Gasteiger partial charge in [-0.3, -0.25) is 0 Å². The van der Waals surface area contributed by atoms with Crippen LogP contribution in [-0.2, 0) is 4.74 Å². The van der Waals surface area contributed by atoms with Crippen molar-refractivity contribution < 1.29 is 13.9 Å². The number of benzene rings is 2. The van der Waals surface area contributed by atoms with Crippen molar-refractivity contribution in [1.82, 2.24) is 15.4 Å². The van der Waals surface area contributed by atoms with Crippen molar-refractivity contribution in [2.45, 2.75) is 6.92 Å². The molecule has 116 valence electrons. The van der Waals surface area contributed by atoms with Gasteiger partial charge in [-0.25, -0.2) is 9.18 Å². The maximum absolute atomic E-state index is 14.1. The van der Waals surface area contributed by atoms with E-state index in [1.807, 2.05) is 0 Å². The van der Waals surface area contributed by atoms with Gasteiger partial charge in [-0.05, 0) is 18.6 Å². The van der Waals surface area contributed by atoms with E-state index in [-0.39, 0.29) is 18.1 Å². The number of esters is 1. The van der Waals surface area contributed by atoms with E-state index in [0.29, 0.717) is 22.4 Å². The fraction of sp³-hybridized carbons (Fsp3) is 0.118. The highest BCUT2D eigenvalue weighted by atomic mass is 19.1. The van der Waals surface area contributed by atoms with Gasteiger partial charge in [0.1, 0.15) is 11.5 Å². The molecule has 1 aromatic heterocycles. The summed E-state index contributed by atoms with van der Waals surface area (Å²) in [5, 5.41) is 10.3. The van der Waals surface area contributed by atoms with E-state index in [9.17, 15) is 9.18 Å². The third-order valence-electron chi connectivity index (χ3n) is 3.36. The smallest absolute Gasteiger partial charge is 0.361 e. The molecule has 2 aromatic carbocycles. The van der Waals surface area contributed by atoms with Gasteiger partial charge in [-0.1, -0.05) is 42.5 Å². The highest BCUT2D eigenvalue weighted by molar-refractivity contribution is 5.96. The molecule has 0 bridgehead atoms. The Morgan fingerprint density at radius 2 is 1.70 bits per heavy atom. The van der Waals surface area contributed by atoms with Gasteiger partial charge in [-0.2, -0.15) is 10.3 Å². The van der Waals surface area contributed by atoms with Crippen molar-refractivity contribution in [3.8, 4) is 22.4 Å². The largest absolute Gasteiger partial charge is 0.461 e. The summed E-state index contributed by atoms with van der Waals surface area (Å²) in [7, 11) is 0. The molecule has 3 rings (SSSR count). The van der Waals surface area contributed by atoms with Crippen molar-refractivity contribution in [3.63, 3.8) is 0 Å². The molecule has 3 aromatic rings. The Labute approximate surface area is 132 Å². The number of aromatic nitrogens is 3. The van der Waals surface area contributed by atoms with Gasteiger partial charge in [0, 0.05) is 11.1 Å². The summed E-state index contributed by atoms with van der Waals surface area (Å²) in [6.45, 7) is 1.95. The van der Waals surface area contributed by atoms with E-state index in [0.717, 1.165) is 0 Å². The van der Waals surface area contributed by atoms with E-state index >= 15 is 0 Å². The Balaban J connectivity index is 2.15. The number of rotatable bonds is 4. The average molecular weight is 311 g/mol. The second-order valence-corrected chi connectivity index (χ2v) is 4.77. The Bertz CT molecular complexity index is 845. The van der Waals surface area contributed by atoms with Gasteiger partial charge in [0.05, 0.1) is 6.61 Å². The number of carbonyl (C=O) groups is 1. The van der Waals surface area contributed by atoms with E-state index in [1.165, 1.54) is 6.07 Å². The first-order chi connectivity index (χ1) is 11.2. The highest BCUT2D eigenvalue weighted by Gasteiger charge is 2.22. The molecule has 0 aliphatic carbocycles. The van der Waals surface area contributed by atoms with Crippen LogP contribution in [0.4, 0.5) is 4.39 Å². The first kappa shape index (κ1) is 14.9. The van der Waals surface area contributed by atoms with Gasteiger partial charge in [0.15, 0.2) is 5.69 Å². The summed E-state index contributed by atoms with van der Waals surface area (Å²) in [6, 6.07) is 13.6. The molecule has 0 unspecified atom stereocenters. The highest BCUT2D eigenvalue weighted by Crippen LogP contribution is 2.33. The van der Waals surface area contributed by atoms with Crippen molar-refractivity contribution in [1.29, 1.82) is 0 Å². The molecule has 0 fully saturated rings. The Morgan fingerprint density at radius 1 is 1.04 bits per heavy atom. The van der Waals surface area contributed by atoms with Crippen LogP contribution in [0.1, 0.15) is 17.4 Å². The monoisotopic (exact) mass is 311 g/mol. The minimum Gasteiger partial charge on any atom is -0.461 e. The normalized spacial score (nSPS) is 10.5. The van der Waals surface area contributed by atoms with Gasteiger partial charge < -0.3 is 4.74 Å². The number of halogens is 1. The van der Waals surface area contributed by atoms with Crippen LogP contribution in [0.5, 0.6) is 0 Å². The number of hydrogen-bond donors (Lipinski definition) is 1. The van der Waals surface area contributed by atoms with E-state index in [1.54, 1.807) is 49.4 Å². The lowest BCUT2D eigenvalue weighted by Gasteiger charge is -2.09. The first-order valence-electron chi connectivity index (χ1n) is 7.14. The lowest BCUT2D eigenvalue weighted by molar-refractivity contribution is 0.0520. The lowest BCUT2D eigenvalue weighted by atomic mass is 9.96. The maximum atomic E-state index is 14.1. The molecule has 0 saturated heterocycles. The number of H-pyrrole nitrogens is 1. The van der Waals surface area contributed by atoms with E-state index in [4.69, 9.17) is 4.74 Å². The number of hydrogen-bond acceptors (Lipinski definition) is 4. The second kappa shape index (κ2) is 6.39. The number of nitrogens with zero attached hydrogens (tertiary/aromatic N) is 2. The molecule has 0 aliphatic rings. The summed E-state index contributed by atoms with van der Waals surface area (Å²) < 4.78 is 19.1. The lowest BCUT2D eigenvalue weighted by Crippen LogP contribution is -2.07. The van der Waals surface area contributed by atoms with Crippen molar-refractivity contribution in [2.24, 2.45) is 0 Å². The first-order valence-corrected chi connectivity index (χ1v) is 7.14.